The summed E-state index contributed by atoms with van der Waals surface area (Å²) in [4.78, 5) is 0. The molecule has 1 nitrogen and oxygen atoms in total. The lowest BCUT2D eigenvalue weighted by Crippen LogP contribution is -2.13. The Balaban J connectivity index is 1.66. The first kappa shape index (κ1) is 19.5. The molecule has 1 fully saturated rings. The SMILES string of the molecule is CCCCCc1ccc(CCC2CCC(/C=C/C=C/C#N)CC2)cc1. The molecular formula is C24H33N. The normalized spacial score (nSPS) is 21.0. The summed E-state index contributed by atoms with van der Waals surface area (Å²) in [6.45, 7) is 2.26. The molecule has 1 aliphatic rings. The predicted octanol–water partition coefficient (Wildman–Crippen LogP) is 6.79. The summed E-state index contributed by atoms with van der Waals surface area (Å²) in [6, 6.07) is 11.4. The number of nitriles is 1. The molecule has 0 N–H and O–H groups in total. The maximum atomic E-state index is 8.48. The fourth-order valence-corrected chi connectivity index (χ4v) is 3.81. The molecule has 0 aromatic heterocycles. The minimum absolute atomic E-state index is 0.710. The fourth-order valence-electron chi connectivity index (χ4n) is 3.81. The molecule has 0 atom stereocenters. The second-order valence-corrected chi connectivity index (χ2v) is 7.47. The lowest BCUT2D eigenvalue weighted by Gasteiger charge is -2.26. The van der Waals surface area contributed by atoms with Gasteiger partial charge in [0.1, 0.15) is 0 Å². The molecule has 2 rings (SSSR count). The van der Waals surface area contributed by atoms with Crippen LogP contribution < -0.4 is 0 Å². The Morgan fingerprint density at radius 3 is 2.28 bits per heavy atom. The van der Waals surface area contributed by atoms with Gasteiger partial charge in [-0.25, -0.2) is 0 Å². The molecular weight excluding hydrogens is 302 g/mol. The van der Waals surface area contributed by atoms with Crippen LogP contribution in [0, 0.1) is 23.2 Å². The number of unbranched alkanes of at least 4 members (excludes halogenated alkanes) is 2. The van der Waals surface area contributed by atoms with Crippen molar-refractivity contribution in [2.24, 2.45) is 11.8 Å². The number of allylic oxidation sites excluding steroid dienone is 4. The van der Waals surface area contributed by atoms with Gasteiger partial charge in [-0.15, -0.1) is 0 Å². The highest BCUT2D eigenvalue weighted by atomic mass is 14.2. The average molecular weight is 336 g/mol. The van der Waals surface area contributed by atoms with Crippen LogP contribution in [0.15, 0.2) is 48.6 Å². The monoisotopic (exact) mass is 335 g/mol. The van der Waals surface area contributed by atoms with Crippen molar-refractivity contribution in [2.75, 3.05) is 0 Å². The maximum Gasteiger partial charge on any atom is 0.0912 e. The van der Waals surface area contributed by atoms with E-state index in [4.69, 9.17) is 5.26 Å². The van der Waals surface area contributed by atoms with Gasteiger partial charge in [0, 0.05) is 6.08 Å². The molecule has 0 saturated heterocycles. The fraction of sp³-hybridized carbons (Fsp3) is 0.542. The Labute approximate surface area is 154 Å². The van der Waals surface area contributed by atoms with Gasteiger partial charge >= 0.3 is 0 Å². The van der Waals surface area contributed by atoms with Gasteiger partial charge in [-0.3, -0.25) is 0 Å². The minimum atomic E-state index is 0.710. The summed E-state index contributed by atoms with van der Waals surface area (Å²) in [5, 5.41) is 8.48. The molecule has 1 heteroatoms. The molecule has 25 heavy (non-hydrogen) atoms. The zero-order chi connectivity index (χ0) is 17.7. The molecule has 0 bridgehead atoms. The quantitative estimate of drug-likeness (QED) is 0.277. The molecule has 0 spiro atoms. The zero-order valence-corrected chi connectivity index (χ0v) is 15.8. The van der Waals surface area contributed by atoms with E-state index in [1.165, 1.54) is 81.4 Å². The molecule has 0 radical (unpaired) electrons. The lowest BCUT2D eigenvalue weighted by molar-refractivity contribution is 0.296. The van der Waals surface area contributed by atoms with Crippen LogP contribution in [0.2, 0.25) is 0 Å². The molecule has 134 valence electrons. The van der Waals surface area contributed by atoms with Crippen molar-refractivity contribution in [3.63, 3.8) is 0 Å². The van der Waals surface area contributed by atoms with Crippen molar-refractivity contribution in [1.29, 1.82) is 5.26 Å². The van der Waals surface area contributed by atoms with E-state index in [1.54, 1.807) is 0 Å². The van der Waals surface area contributed by atoms with Crippen LogP contribution in [0.25, 0.3) is 0 Å². The van der Waals surface area contributed by atoms with Gasteiger partial charge in [-0.2, -0.15) is 5.26 Å². The van der Waals surface area contributed by atoms with Crippen LogP contribution >= 0.6 is 0 Å². The van der Waals surface area contributed by atoms with Crippen LogP contribution in [-0.4, -0.2) is 0 Å². The number of nitrogens with zero attached hydrogens (tertiary/aromatic N) is 1. The van der Waals surface area contributed by atoms with Crippen LogP contribution in [-0.2, 0) is 12.8 Å². The molecule has 0 amide bonds. The first-order valence-corrected chi connectivity index (χ1v) is 10.1. The van der Waals surface area contributed by atoms with Crippen molar-refractivity contribution in [2.45, 2.75) is 71.1 Å². The standard InChI is InChI=1S/C24H33N/c1-2-3-5-8-21-10-14-23(15-11-21)18-19-24-16-12-22(13-17-24)9-6-4-7-20-25/h4,6-7,9-11,14-15,22,24H,2-3,5,8,12-13,16-19H2,1H3/b7-4+,9-6+. The van der Waals surface area contributed by atoms with Gasteiger partial charge in [-0.1, -0.05) is 62.3 Å². The predicted molar refractivity (Wildman–Crippen MR) is 107 cm³/mol. The smallest absolute Gasteiger partial charge is 0.0912 e. The molecule has 1 aliphatic carbocycles. The Kier molecular flexibility index (Phi) is 9.13. The third-order valence-electron chi connectivity index (χ3n) is 5.49. The van der Waals surface area contributed by atoms with Gasteiger partial charge in [0.15, 0.2) is 0 Å². The zero-order valence-electron chi connectivity index (χ0n) is 15.8. The largest absolute Gasteiger partial charge is 0.193 e. The van der Waals surface area contributed by atoms with Gasteiger partial charge in [0.25, 0.3) is 0 Å². The summed E-state index contributed by atoms with van der Waals surface area (Å²) in [7, 11) is 0. The van der Waals surface area contributed by atoms with Gasteiger partial charge in [0.2, 0.25) is 0 Å². The van der Waals surface area contributed by atoms with E-state index in [0.717, 1.165) is 5.92 Å². The van der Waals surface area contributed by atoms with Crippen molar-refractivity contribution < 1.29 is 0 Å². The van der Waals surface area contributed by atoms with Crippen LogP contribution in [0.1, 0.15) is 69.4 Å². The Morgan fingerprint density at radius 2 is 1.64 bits per heavy atom. The van der Waals surface area contributed by atoms with Crippen LogP contribution in [0.5, 0.6) is 0 Å². The molecule has 1 saturated carbocycles. The minimum Gasteiger partial charge on any atom is -0.193 e. The van der Waals surface area contributed by atoms with E-state index in [9.17, 15) is 0 Å². The third-order valence-corrected chi connectivity index (χ3v) is 5.49. The van der Waals surface area contributed by atoms with Gasteiger partial charge < -0.3 is 0 Å². The molecule has 0 unspecified atom stereocenters. The summed E-state index contributed by atoms with van der Waals surface area (Å²) in [5.41, 5.74) is 3.00. The van der Waals surface area contributed by atoms with Gasteiger partial charge in [-0.05, 0) is 74.3 Å². The van der Waals surface area contributed by atoms with E-state index >= 15 is 0 Å². The van der Waals surface area contributed by atoms with Crippen molar-refractivity contribution in [3.8, 4) is 6.07 Å². The Morgan fingerprint density at radius 1 is 0.960 bits per heavy atom. The highest BCUT2D eigenvalue weighted by Gasteiger charge is 2.19. The average Bonchev–Trinajstić information content (AvgIpc) is 2.66. The molecule has 0 heterocycles. The van der Waals surface area contributed by atoms with Crippen LogP contribution in [0.4, 0.5) is 0 Å². The van der Waals surface area contributed by atoms with Crippen LogP contribution in [0.3, 0.4) is 0 Å². The summed E-state index contributed by atoms with van der Waals surface area (Å²) in [5.74, 6) is 1.60. The molecule has 1 aromatic carbocycles. The number of rotatable bonds is 9. The Bertz CT molecular complexity index is 565. The summed E-state index contributed by atoms with van der Waals surface area (Å²) in [6.07, 6.45) is 20.8. The molecule has 1 aromatic rings. The van der Waals surface area contributed by atoms with E-state index in [1.807, 2.05) is 18.2 Å². The van der Waals surface area contributed by atoms with Crippen molar-refractivity contribution in [3.05, 3.63) is 59.7 Å². The number of hydrogen-bond donors (Lipinski definition) is 0. The highest BCUT2D eigenvalue weighted by Crippen LogP contribution is 2.32. The molecule has 0 aliphatic heterocycles. The van der Waals surface area contributed by atoms with Crippen molar-refractivity contribution in [1.82, 2.24) is 0 Å². The third kappa shape index (κ3) is 7.74. The second kappa shape index (κ2) is 11.7. The Hall–Kier alpha value is -1.81. The van der Waals surface area contributed by atoms with Crippen molar-refractivity contribution >= 4 is 0 Å². The topological polar surface area (TPSA) is 23.8 Å². The maximum absolute atomic E-state index is 8.48. The summed E-state index contributed by atoms with van der Waals surface area (Å²) < 4.78 is 0. The first-order valence-electron chi connectivity index (χ1n) is 10.1. The van der Waals surface area contributed by atoms with Gasteiger partial charge in [0.05, 0.1) is 6.07 Å². The number of benzene rings is 1. The second-order valence-electron chi connectivity index (χ2n) is 7.47. The first-order chi connectivity index (χ1) is 12.3. The van der Waals surface area contributed by atoms with E-state index in [0.29, 0.717) is 5.92 Å². The van der Waals surface area contributed by atoms with E-state index in [-0.39, 0.29) is 0 Å². The lowest BCUT2D eigenvalue weighted by atomic mass is 9.79. The van der Waals surface area contributed by atoms with E-state index in [2.05, 4.69) is 37.3 Å². The number of aryl methyl sites for hydroxylation is 2. The number of hydrogen-bond acceptors (Lipinski definition) is 1. The summed E-state index contributed by atoms with van der Waals surface area (Å²) >= 11 is 0. The highest BCUT2D eigenvalue weighted by molar-refractivity contribution is 5.22. The van der Waals surface area contributed by atoms with E-state index < -0.39 is 0 Å².